The number of nitrogens with one attached hydrogen (secondary N) is 1. The van der Waals surface area contributed by atoms with Gasteiger partial charge in [0.05, 0.1) is 13.2 Å². The molecule has 8 nitrogen and oxygen atoms in total. The third kappa shape index (κ3) is 4.12. The minimum Gasteiger partial charge on any atom is -0.388 e. The molecule has 1 aromatic heterocycles. The standard InChI is InChI=1S/C20H20N4O4/c25-18(14-24-20(26)28-19(22-24)15-4-2-1-3-5-15)21-16-6-8-17(9-7-16)23-10-12-27-13-11-23/h1-9H,10-14H2,(H,21,25). The highest BCUT2D eigenvalue weighted by molar-refractivity contribution is 5.90. The lowest BCUT2D eigenvalue weighted by atomic mass is 10.2. The fourth-order valence-corrected chi connectivity index (χ4v) is 3.02. The third-order valence-electron chi connectivity index (χ3n) is 4.45. The van der Waals surface area contributed by atoms with Gasteiger partial charge in [-0.25, -0.2) is 4.79 Å². The third-order valence-corrected chi connectivity index (χ3v) is 4.45. The number of hydrogen-bond donors (Lipinski definition) is 1. The summed E-state index contributed by atoms with van der Waals surface area (Å²) >= 11 is 0. The van der Waals surface area contributed by atoms with Crippen LogP contribution in [-0.4, -0.2) is 42.0 Å². The lowest BCUT2D eigenvalue weighted by Gasteiger charge is -2.28. The molecular weight excluding hydrogens is 360 g/mol. The van der Waals surface area contributed by atoms with E-state index in [0.29, 0.717) is 11.3 Å². The minimum absolute atomic E-state index is 0.188. The smallest absolute Gasteiger partial charge is 0.388 e. The summed E-state index contributed by atoms with van der Waals surface area (Å²) in [6, 6.07) is 16.7. The Morgan fingerprint density at radius 2 is 1.75 bits per heavy atom. The molecule has 144 valence electrons. The van der Waals surface area contributed by atoms with E-state index in [1.165, 1.54) is 0 Å². The fourth-order valence-electron chi connectivity index (χ4n) is 3.02. The lowest BCUT2D eigenvalue weighted by molar-refractivity contribution is -0.117. The number of ether oxygens (including phenoxy) is 1. The number of aromatic nitrogens is 2. The molecule has 2 heterocycles. The second-order valence-electron chi connectivity index (χ2n) is 6.39. The van der Waals surface area contributed by atoms with Crippen molar-refractivity contribution in [1.82, 2.24) is 9.78 Å². The van der Waals surface area contributed by atoms with Crippen LogP contribution in [0.25, 0.3) is 11.5 Å². The SMILES string of the molecule is O=C(Cn1nc(-c2ccccc2)oc1=O)Nc1ccc(N2CCOCC2)cc1. The van der Waals surface area contributed by atoms with Gasteiger partial charge in [-0.3, -0.25) is 4.79 Å². The van der Waals surface area contributed by atoms with Crippen molar-refractivity contribution in [3.05, 3.63) is 65.1 Å². The maximum Gasteiger partial charge on any atom is 0.437 e. The Bertz CT molecular complexity index is 989. The predicted molar refractivity (Wildman–Crippen MR) is 104 cm³/mol. The van der Waals surface area contributed by atoms with Crippen LogP contribution in [0.15, 0.2) is 63.8 Å². The van der Waals surface area contributed by atoms with E-state index in [1.54, 1.807) is 12.1 Å². The van der Waals surface area contributed by atoms with E-state index in [4.69, 9.17) is 9.15 Å². The van der Waals surface area contributed by atoms with E-state index in [9.17, 15) is 9.59 Å². The molecule has 1 saturated heterocycles. The van der Waals surface area contributed by atoms with Crippen molar-refractivity contribution in [2.24, 2.45) is 0 Å². The van der Waals surface area contributed by atoms with E-state index in [1.807, 2.05) is 42.5 Å². The molecule has 1 aliphatic heterocycles. The fraction of sp³-hybridized carbons (Fsp3) is 0.250. The molecule has 0 spiro atoms. The van der Waals surface area contributed by atoms with Crippen molar-refractivity contribution >= 4 is 17.3 Å². The monoisotopic (exact) mass is 380 g/mol. The number of morpholine rings is 1. The van der Waals surface area contributed by atoms with Crippen molar-refractivity contribution in [1.29, 1.82) is 0 Å². The summed E-state index contributed by atoms with van der Waals surface area (Å²) in [5, 5.41) is 6.87. The predicted octanol–water partition coefficient (Wildman–Crippen LogP) is 1.98. The molecule has 4 rings (SSSR count). The summed E-state index contributed by atoms with van der Waals surface area (Å²) in [4.78, 5) is 26.5. The van der Waals surface area contributed by atoms with E-state index in [-0.39, 0.29) is 18.3 Å². The first-order valence-electron chi connectivity index (χ1n) is 9.05. The molecule has 1 N–H and O–H groups in total. The van der Waals surface area contributed by atoms with E-state index < -0.39 is 5.76 Å². The van der Waals surface area contributed by atoms with Crippen LogP contribution in [0.2, 0.25) is 0 Å². The quantitative estimate of drug-likeness (QED) is 0.728. The van der Waals surface area contributed by atoms with Gasteiger partial charge in [0.2, 0.25) is 11.8 Å². The first-order chi connectivity index (χ1) is 13.7. The van der Waals surface area contributed by atoms with Gasteiger partial charge in [0.1, 0.15) is 6.54 Å². The number of carbonyl (C=O) groups is 1. The maximum atomic E-state index is 12.3. The van der Waals surface area contributed by atoms with Gasteiger partial charge in [-0.05, 0) is 36.4 Å². The van der Waals surface area contributed by atoms with Crippen molar-refractivity contribution in [3.8, 4) is 11.5 Å². The molecule has 1 amide bonds. The second kappa shape index (κ2) is 8.10. The molecule has 0 unspecified atom stereocenters. The Hall–Kier alpha value is -3.39. The molecule has 0 bridgehead atoms. The summed E-state index contributed by atoms with van der Waals surface area (Å²) in [5.41, 5.74) is 2.42. The van der Waals surface area contributed by atoms with Gasteiger partial charge in [-0.15, -0.1) is 5.10 Å². The van der Waals surface area contributed by atoms with Gasteiger partial charge in [0.15, 0.2) is 0 Å². The van der Waals surface area contributed by atoms with Crippen LogP contribution in [0, 0.1) is 0 Å². The van der Waals surface area contributed by atoms with Gasteiger partial charge in [-0.1, -0.05) is 18.2 Å². The molecule has 2 aromatic carbocycles. The Morgan fingerprint density at radius 3 is 2.46 bits per heavy atom. The topological polar surface area (TPSA) is 89.6 Å². The number of rotatable bonds is 5. The molecule has 28 heavy (non-hydrogen) atoms. The Labute approximate surface area is 161 Å². The van der Waals surface area contributed by atoms with Crippen LogP contribution in [-0.2, 0) is 16.1 Å². The lowest BCUT2D eigenvalue weighted by Crippen LogP contribution is -2.36. The molecule has 1 fully saturated rings. The molecule has 0 aliphatic carbocycles. The molecule has 0 atom stereocenters. The highest BCUT2D eigenvalue weighted by atomic mass is 16.5. The zero-order valence-corrected chi connectivity index (χ0v) is 15.2. The number of amides is 1. The van der Waals surface area contributed by atoms with Crippen molar-refractivity contribution in [2.45, 2.75) is 6.54 Å². The Balaban J connectivity index is 1.39. The summed E-state index contributed by atoms with van der Waals surface area (Å²) in [6.45, 7) is 2.92. The van der Waals surface area contributed by atoms with E-state index in [2.05, 4.69) is 15.3 Å². The summed E-state index contributed by atoms with van der Waals surface area (Å²) in [5.74, 6) is -0.834. The number of carbonyl (C=O) groups excluding carboxylic acids is 1. The zero-order valence-electron chi connectivity index (χ0n) is 15.2. The van der Waals surface area contributed by atoms with Crippen molar-refractivity contribution in [2.75, 3.05) is 36.5 Å². The van der Waals surface area contributed by atoms with Crippen LogP contribution in [0.3, 0.4) is 0 Å². The van der Waals surface area contributed by atoms with Gasteiger partial charge in [-0.2, -0.15) is 4.68 Å². The highest BCUT2D eigenvalue weighted by Gasteiger charge is 2.14. The number of benzene rings is 2. The van der Waals surface area contributed by atoms with Crippen LogP contribution in [0.5, 0.6) is 0 Å². The number of hydrogen-bond acceptors (Lipinski definition) is 6. The van der Waals surface area contributed by atoms with Crippen molar-refractivity contribution in [3.63, 3.8) is 0 Å². The highest BCUT2D eigenvalue weighted by Crippen LogP contribution is 2.19. The van der Waals surface area contributed by atoms with Gasteiger partial charge in [0, 0.05) is 30.0 Å². The van der Waals surface area contributed by atoms with Gasteiger partial charge in [0.25, 0.3) is 0 Å². The molecule has 8 heteroatoms. The number of nitrogens with zero attached hydrogens (tertiary/aromatic N) is 3. The van der Waals surface area contributed by atoms with Crippen molar-refractivity contribution < 1.29 is 13.9 Å². The van der Waals surface area contributed by atoms with Crippen LogP contribution >= 0.6 is 0 Å². The molecule has 1 aliphatic rings. The zero-order chi connectivity index (χ0) is 19.3. The molecule has 0 radical (unpaired) electrons. The van der Waals surface area contributed by atoms with Gasteiger partial charge < -0.3 is 19.4 Å². The number of anilines is 2. The average molecular weight is 380 g/mol. The Morgan fingerprint density at radius 1 is 1.04 bits per heavy atom. The largest absolute Gasteiger partial charge is 0.437 e. The van der Waals surface area contributed by atoms with Crippen LogP contribution < -0.4 is 16.0 Å². The van der Waals surface area contributed by atoms with Gasteiger partial charge >= 0.3 is 5.76 Å². The van der Waals surface area contributed by atoms with Crippen LogP contribution in [0.4, 0.5) is 11.4 Å². The first-order valence-corrected chi connectivity index (χ1v) is 9.05. The minimum atomic E-state index is -0.670. The van der Waals surface area contributed by atoms with E-state index in [0.717, 1.165) is 36.7 Å². The molecular formula is C20H20N4O4. The average Bonchev–Trinajstić information content (AvgIpc) is 3.10. The maximum absolute atomic E-state index is 12.3. The normalized spacial score (nSPS) is 14.1. The molecule has 0 saturated carbocycles. The second-order valence-corrected chi connectivity index (χ2v) is 6.39. The van der Waals surface area contributed by atoms with E-state index >= 15 is 0 Å². The Kier molecular flexibility index (Phi) is 5.20. The van der Waals surface area contributed by atoms with Crippen LogP contribution in [0.1, 0.15) is 0 Å². The summed E-state index contributed by atoms with van der Waals surface area (Å²) < 4.78 is 11.5. The first kappa shape index (κ1) is 18.0. The summed E-state index contributed by atoms with van der Waals surface area (Å²) in [7, 11) is 0. The summed E-state index contributed by atoms with van der Waals surface area (Å²) in [6.07, 6.45) is 0. The molecule has 3 aromatic rings.